The Bertz CT molecular complexity index is 1370. The number of esters is 1. The third kappa shape index (κ3) is 4.39. The number of carbonyl (C=O) groups is 1. The molecular weight excluding hydrogens is 461 g/mol. The van der Waals surface area contributed by atoms with Crippen molar-refractivity contribution in [2.24, 2.45) is 0 Å². The van der Waals surface area contributed by atoms with Gasteiger partial charge in [-0.15, -0.1) is 0 Å². The van der Waals surface area contributed by atoms with Gasteiger partial charge in [0, 0.05) is 17.3 Å². The number of aromatic nitrogens is 5. The van der Waals surface area contributed by atoms with Crippen LogP contribution in [0.5, 0.6) is 10.8 Å². The summed E-state index contributed by atoms with van der Waals surface area (Å²) in [5.41, 5.74) is 0.749. The molecule has 9 nitrogen and oxygen atoms in total. The molecule has 4 aromatic rings. The molecule has 0 saturated heterocycles. The Labute approximate surface area is 189 Å². The molecule has 0 aliphatic rings. The number of pyridine rings is 1. The quantitative estimate of drug-likeness (QED) is 0.392. The summed E-state index contributed by atoms with van der Waals surface area (Å²) in [7, 11) is 1.24. The number of aryl methyl sites for hydroxylation is 1. The van der Waals surface area contributed by atoms with E-state index < -0.39 is 17.5 Å². The summed E-state index contributed by atoms with van der Waals surface area (Å²) in [4.78, 5) is 32.5. The van der Waals surface area contributed by atoms with Gasteiger partial charge in [-0.2, -0.15) is 9.78 Å². The molecule has 0 atom stereocenters. The average molecular weight is 476 g/mol. The minimum absolute atomic E-state index is 0.0903. The zero-order valence-electron chi connectivity index (χ0n) is 16.8. The van der Waals surface area contributed by atoms with Crippen molar-refractivity contribution in [3.05, 3.63) is 80.6 Å². The molecule has 0 bridgehead atoms. The smallest absolute Gasteiger partial charge is 0.367 e. The van der Waals surface area contributed by atoms with Crippen molar-refractivity contribution in [2.75, 3.05) is 7.11 Å². The Morgan fingerprint density at radius 2 is 2.09 bits per heavy atom. The first kappa shape index (κ1) is 21.7. The lowest BCUT2D eigenvalue weighted by Gasteiger charge is -2.07. The van der Waals surface area contributed by atoms with Gasteiger partial charge in [-0.25, -0.2) is 19.0 Å². The number of rotatable bonds is 6. The topological polar surface area (TPSA) is 101 Å². The monoisotopic (exact) mass is 475 g/mol. The van der Waals surface area contributed by atoms with Crippen LogP contribution in [0.1, 0.15) is 21.2 Å². The van der Waals surface area contributed by atoms with Crippen LogP contribution in [0.3, 0.4) is 0 Å². The van der Waals surface area contributed by atoms with E-state index >= 15 is 0 Å². The maximum absolute atomic E-state index is 14.7. The molecule has 0 spiro atoms. The van der Waals surface area contributed by atoms with Crippen LogP contribution in [-0.2, 0) is 11.3 Å². The molecule has 0 radical (unpaired) electrons. The number of ether oxygens (including phenoxy) is 2. The van der Waals surface area contributed by atoms with Crippen molar-refractivity contribution in [3.8, 4) is 16.5 Å². The van der Waals surface area contributed by atoms with Crippen molar-refractivity contribution in [3.63, 3.8) is 0 Å². The maximum atomic E-state index is 14.7. The van der Waals surface area contributed by atoms with E-state index in [2.05, 4.69) is 19.8 Å². The second-order valence-corrected chi connectivity index (χ2v) is 7.92. The van der Waals surface area contributed by atoms with Crippen LogP contribution in [-0.4, -0.2) is 37.4 Å². The zero-order chi connectivity index (χ0) is 22.8. The minimum Gasteiger partial charge on any atom is -0.464 e. The van der Waals surface area contributed by atoms with Gasteiger partial charge in [0.15, 0.2) is 11.6 Å². The molecule has 4 rings (SSSR count). The number of carbonyl (C=O) groups excluding carboxylic acids is 1. The third-order valence-electron chi connectivity index (χ3n) is 4.32. The predicted octanol–water partition coefficient (Wildman–Crippen LogP) is 3.61. The molecule has 32 heavy (non-hydrogen) atoms. The van der Waals surface area contributed by atoms with Crippen molar-refractivity contribution in [1.82, 2.24) is 24.3 Å². The Morgan fingerprint density at radius 1 is 1.28 bits per heavy atom. The molecule has 0 aliphatic heterocycles. The Kier molecular flexibility index (Phi) is 6.01. The molecule has 3 aromatic heterocycles. The third-order valence-corrected chi connectivity index (χ3v) is 5.57. The lowest BCUT2D eigenvalue weighted by atomic mass is 10.3. The van der Waals surface area contributed by atoms with E-state index in [1.807, 2.05) is 0 Å². The number of nitrogens with zero attached hydrogens (tertiary/aromatic N) is 5. The van der Waals surface area contributed by atoms with Gasteiger partial charge >= 0.3 is 11.7 Å². The van der Waals surface area contributed by atoms with Gasteiger partial charge in [-0.3, -0.25) is 9.55 Å². The van der Waals surface area contributed by atoms with Crippen LogP contribution in [0.25, 0.3) is 5.69 Å². The zero-order valence-corrected chi connectivity index (χ0v) is 18.4. The van der Waals surface area contributed by atoms with Crippen LogP contribution in [0.4, 0.5) is 4.39 Å². The molecule has 0 N–H and O–H groups in total. The van der Waals surface area contributed by atoms with Crippen molar-refractivity contribution in [2.45, 2.75) is 13.5 Å². The first-order valence-electron chi connectivity index (χ1n) is 9.14. The van der Waals surface area contributed by atoms with Crippen LogP contribution in [0.2, 0.25) is 5.02 Å². The summed E-state index contributed by atoms with van der Waals surface area (Å²) in [6.07, 6.45) is 2.88. The van der Waals surface area contributed by atoms with E-state index in [0.717, 1.165) is 22.1 Å². The van der Waals surface area contributed by atoms with Crippen molar-refractivity contribution >= 4 is 28.9 Å². The van der Waals surface area contributed by atoms with Crippen molar-refractivity contribution < 1.29 is 18.7 Å². The molecule has 0 fully saturated rings. The highest BCUT2D eigenvalue weighted by Crippen LogP contribution is 2.33. The summed E-state index contributed by atoms with van der Waals surface area (Å²) in [6.45, 7) is 1.79. The molecule has 0 saturated carbocycles. The largest absolute Gasteiger partial charge is 0.464 e. The first-order valence-corrected chi connectivity index (χ1v) is 10.3. The van der Waals surface area contributed by atoms with Crippen LogP contribution in [0, 0.1) is 12.7 Å². The summed E-state index contributed by atoms with van der Waals surface area (Å²) in [5, 5.41) is 4.91. The molecule has 0 amide bonds. The number of hydrogen-bond donors (Lipinski definition) is 0. The first-order chi connectivity index (χ1) is 15.4. The fourth-order valence-corrected chi connectivity index (χ4v) is 3.82. The van der Waals surface area contributed by atoms with Gasteiger partial charge in [0.05, 0.1) is 30.7 Å². The second kappa shape index (κ2) is 8.89. The number of methoxy groups -OCH3 is 1. The van der Waals surface area contributed by atoms with E-state index in [0.29, 0.717) is 16.4 Å². The summed E-state index contributed by atoms with van der Waals surface area (Å²) >= 11 is 6.89. The number of benzene rings is 1. The summed E-state index contributed by atoms with van der Waals surface area (Å²) in [6, 6.07) is 7.26. The number of hydrogen-bond acceptors (Lipinski definition) is 8. The second-order valence-electron chi connectivity index (χ2n) is 6.52. The van der Waals surface area contributed by atoms with Crippen LogP contribution >= 0.6 is 22.9 Å². The Hall–Kier alpha value is -3.57. The van der Waals surface area contributed by atoms with E-state index in [4.69, 9.17) is 16.3 Å². The molecule has 3 heterocycles. The van der Waals surface area contributed by atoms with Crippen LogP contribution in [0.15, 0.2) is 47.7 Å². The molecule has 1 aromatic carbocycles. The normalized spacial score (nSPS) is 10.9. The molecule has 0 unspecified atom stereocenters. The van der Waals surface area contributed by atoms with Gasteiger partial charge in [0.2, 0.25) is 10.1 Å². The standard InChI is InChI=1S/C20H15ClFN5O4S/c1-11-19(32-17(25-11)18(28)30-2)31-16-4-3-14(8-15(16)22)27-20(29)26(10-24-27)9-13-7-12(21)5-6-23-13/h3-8,10H,9H2,1-2H3. The predicted molar refractivity (Wildman–Crippen MR) is 114 cm³/mol. The van der Waals surface area contributed by atoms with E-state index in [9.17, 15) is 14.0 Å². The highest BCUT2D eigenvalue weighted by atomic mass is 35.5. The summed E-state index contributed by atoms with van der Waals surface area (Å²) < 4.78 is 27.3. The van der Waals surface area contributed by atoms with Gasteiger partial charge in [0.1, 0.15) is 6.33 Å². The van der Waals surface area contributed by atoms with E-state index in [1.54, 1.807) is 25.3 Å². The SMILES string of the molecule is COC(=O)c1nc(C)c(Oc2ccc(-n3ncn(Cc4cc(Cl)ccn4)c3=O)cc2F)s1. The van der Waals surface area contributed by atoms with Gasteiger partial charge in [-0.1, -0.05) is 22.9 Å². The van der Waals surface area contributed by atoms with E-state index in [-0.39, 0.29) is 28.1 Å². The molecule has 164 valence electrons. The Balaban J connectivity index is 1.56. The lowest BCUT2D eigenvalue weighted by Crippen LogP contribution is -2.24. The fourth-order valence-electron chi connectivity index (χ4n) is 2.79. The van der Waals surface area contributed by atoms with Crippen molar-refractivity contribution in [1.29, 1.82) is 0 Å². The lowest BCUT2D eigenvalue weighted by molar-refractivity contribution is 0.0600. The fraction of sp³-hybridized carbons (Fsp3) is 0.150. The van der Waals surface area contributed by atoms with Gasteiger partial charge in [0.25, 0.3) is 0 Å². The van der Waals surface area contributed by atoms with E-state index in [1.165, 1.54) is 30.1 Å². The molecule has 0 aliphatic carbocycles. The van der Waals surface area contributed by atoms with Crippen LogP contribution < -0.4 is 10.4 Å². The minimum atomic E-state index is -0.715. The van der Waals surface area contributed by atoms with Gasteiger partial charge < -0.3 is 9.47 Å². The maximum Gasteiger partial charge on any atom is 0.367 e. The highest BCUT2D eigenvalue weighted by molar-refractivity contribution is 7.15. The molecule has 12 heteroatoms. The Morgan fingerprint density at radius 3 is 2.81 bits per heavy atom. The summed E-state index contributed by atoms with van der Waals surface area (Å²) in [5.74, 6) is -1.41. The number of halogens is 2. The van der Waals surface area contributed by atoms with Gasteiger partial charge in [-0.05, 0) is 31.2 Å². The highest BCUT2D eigenvalue weighted by Gasteiger charge is 2.18. The number of thiazole rings is 1. The molecular formula is C20H15ClFN5O4S. The average Bonchev–Trinajstić information content (AvgIpc) is 3.31.